The van der Waals surface area contributed by atoms with E-state index >= 15 is 0 Å². The van der Waals surface area contributed by atoms with Gasteiger partial charge in [0.15, 0.2) is 0 Å². The molecule has 5 nitrogen and oxygen atoms in total. The highest BCUT2D eigenvalue weighted by molar-refractivity contribution is 5.69. The lowest BCUT2D eigenvalue weighted by molar-refractivity contribution is -0.138. The van der Waals surface area contributed by atoms with E-state index in [9.17, 15) is 18.0 Å². The first-order chi connectivity index (χ1) is 18.7. The molecule has 0 saturated carbocycles. The summed E-state index contributed by atoms with van der Waals surface area (Å²) < 4.78 is 44.3. The van der Waals surface area contributed by atoms with E-state index in [1.807, 2.05) is 36.4 Å². The Labute approximate surface area is 226 Å². The Morgan fingerprint density at radius 1 is 0.923 bits per heavy atom. The van der Waals surface area contributed by atoms with Gasteiger partial charge in [0.05, 0.1) is 17.9 Å². The summed E-state index contributed by atoms with van der Waals surface area (Å²) in [6.07, 6.45) is -4.36. The number of halogens is 3. The van der Waals surface area contributed by atoms with Gasteiger partial charge in [0.25, 0.3) is 0 Å². The van der Waals surface area contributed by atoms with Gasteiger partial charge < -0.3 is 14.7 Å². The van der Waals surface area contributed by atoms with Crippen LogP contribution < -0.4 is 9.64 Å². The smallest absolute Gasteiger partial charge is 0.416 e. The van der Waals surface area contributed by atoms with Gasteiger partial charge in [-0.1, -0.05) is 42.3 Å². The molecule has 0 spiro atoms. The number of anilines is 1. The second-order valence-electron chi connectivity index (χ2n) is 9.53. The summed E-state index contributed by atoms with van der Waals surface area (Å²) in [6, 6.07) is 21.0. The fourth-order valence-electron chi connectivity index (χ4n) is 4.59. The topological polar surface area (TPSA) is 53.0 Å². The van der Waals surface area contributed by atoms with Gasteiger partial charge in [-0.05, 0) is 60.0 Å². The molecule has 1 saturated heterocycles. The van der Waals surface area contributed by atoms with E-state index in [2.05, 4.69) is 33.8 Å². The van der Waals surface area contributed by atoms with E-state index in [-0.39, 0.29) is 12.3 Å². The van der Waals surface area contributed by atoms with Crippen LogP contribution in [0.3, 0.4) is 0 Å². The summed E-state index contributed by atoms with van der Waals surface area (Å²) in [7, 11) is 0. The van der Waals surface area contributed by atoms with Gasteiger partial charge in [0.1, 0.15) is 12.4 Å². The molecule has 0 radical (unpaired) electrons. The van der Waals surface area contributed by atoms with Crippen LogP contribution in [0.1, 0.15) is 41.5 Å². The fourth-order valence-corrected chi connectivity index (χ4v) is 4.59. The van der Waals surface area contributed by atoms with Crippen molar-refractivity contribution in [1.29, 1.82) is 0 Å². The number of carboxylic acid groups (broad SMARTS) is 1. The molecule has 1 heterocycles. The maximum Gasteiger partial charge on any atom is 0.416 e. The Morgan fingerprint density at radius 2 is 1.54 bits per heavy atom. The maximum absolute atomic E-state index is 12.8. The molecule has 8 heteroatoms. The molecule has 3 aromatic rings. The zero-order valence-electron chi connectivity index (χ0n) is 21.7. The molecule has 0 amide bonds. The van der Waals surface area contributed by atoms with Crippen molar-refractivity contribution >= 4 is 11.7 Å². The van der Waals surface area contributed by atoms with Crippen molar-refractivity contribution in [2.75, 3.05) is 31.1 Å². The van der Waals surface area contributed by atoms with Crippen LogP contribution in [0, 0.1) is 11.8 Å². The summed E-state index contributed by atoms with van der Waals surface area (Å²) in [5, 5.41) is 9.10. The number of hydrogen-bond acceptors (Lipinski definition) is 4. The predicted molar refractivity (Wildman–Crippen MR) is 145 cm³/mol. The molecule has 0 bridgehead atoms. The van der Waals surface area contributed by atoms with Crippen LogP contribution in [0.4, 0.5) is 18.9 Å². The molecular formula is C31H31F3N2O3. The number of rotatable bonds is 9. The molecule has 1 aliphatic rings. The number of piperazine rings is 1. The van der Waals surface area contributed by atoms with Gasteiger partial charge >= 0.3 is 12.1 Å². The third kappa shape index (κ3) is 8.01. The predicted octanol–water partition coefficient (Wildman–Crippen LogP) is 6.19. The largest absolute Gasteiger partial charge is 0.489 e. The lowest BCUT2D eigenvalue weighted by Crippen LogP contribution is -2.45. The first kappa shape index (κ1) is 28.1. The van der Waals surface area contributed by atoms with E-state index in [1.165, 1.54) is 5.56 Å². The second kappa shape index (κ2) is 12.7. The minimum Gasteiger partial charge on any atom is -0.489 e. The molecule has 1 N–H and O–H groups in total. The van der Waals surface area contributed by atoms with Crippen molar-refractivity contribution < 1.29 is 27.8 Å². The van der Waals surface area contributed by atoms with Crippen LogP contribution in [-0.2, 0) is 24.1 Å². The number of ether oxygens (including phenoxy) is 1. The Kier molecular flexibility index (Phi) is 9.15. The summed E-state index contributed by atoms with van der Waals surface area (Å²) in [6.45, 7) is 6.11. The van der Waals surface area contributed by atoms with Crippen molar-refractivity contribution in [3.8, 4) is 17.6 Å². The highest BCUT2D eigenvalue weighted by Crippen LogP contribution is 2.31. The SMILES string of the molecule is CC#C[C@@H](CC(=O)O)c1ccc(OCc2ccc(CN3CCN(c4ccc(C(F)(F)F)cc4)CC3)cc2)cc1. The molecule has 4 rings (SSSR count). The summed E-state index contributed by atoms with van der Waals surface area (Å²) in [4.78, 5) is 15.6. The second-order valence-corrected chi connectivity index (χ2v) is 9.53. The van der Waals surface area contributed by atoms with Crippen molar-refractivity contribution in [2.45, 2.75) is 38.6 Å². The average Bonchev–Trinajstić information content (AvgIpc) is 2.93. The van der Waals surface area contributed by atoms with E-state index in [0.717, 1.165) is 61.7 Å². The summed E-state index contributed by atoms with van der Waals surface area (Å²) in [5.74, 6) is 5.22. The first-order valence-corrected chi connectivity index (χ1v) is 12.8. The quantitative estimate of drug-likeness (QED) is 0.331. The maximum atomic E-state index is 12.8. The number of nitrogens with zero attached hydrogens (tertiary/aromatic N) is 2. The normalized spacial score (nSPS) is 14.8. The molecule has 1 fully saturated rings. The average molecular weight is 537 g/mol. The lowest BCUT2D eigenvalue weighted by Gasteiger charge is -2.36. The van der Waals surface area contributed by atoms with Crippen LogP contribution in [0.5, 0.6) is 5.75 Å². The van der Waals surface area contributed by atoms with Gasteiger partial charge in [0.2, 0.25) is 0 Å². The van der Waals surface area contributed by atoms with Crippen LogP contribution in [0.15, 0.2) is 72.8 Å². The van der Waals surface area contributed by atoms with E-state index in [1.54, 1.807) is 19.1 Å². The molecule has 1 aliphatic heterocycles. The Bertz CT molecular complexity index is 1290. The third-order valence-electron chi connectivity index (χ3n) is 6.75. The fraction of sp³-hybridized carbons (Fsp3) is 0.323. The standard InChI is InChI=1S/C31H31F3N2O3/c1-2-3-26(20-30(37)38)25-8-14-29(15-9-25)39-22-24-6-4-23(5-7-24)21-35-16-18-36(19-17-35)28-12-10-27(11-13-28)31(32,33)34/h4-15,26H,16-22H2,1H3,(H,37,38)/t26-/m0/s1. The Hall–Kier alpha value is -3.96. The lowest BCUT2D eigenvalue weighted by atomic mass is 9.96. The van der Waals surface area contributed by atoms with E-state index < -0.39 is 17.7 Å². The first-order valence-electron chi connectivity index (χ1n) is 12.8. The van der Waals surface area contributed by atoms with Gasteiger partial charge in [-0.2, -0.15) is 13.2 Å². The highest BCUT2D eigenvalue weighted by Gasteiger charge is 2.30. The zero-order valence-corrected chi connectivity index (χ0v) is 21.7. The number of carbonyl (C=O) groups is 1. The van der Waals surface area contributed by atoms with Gasteiger partial charge in [0, 0.05) is 38.4 Å². The molecule has 0 aromatic heterocycles. The van der Waals surface area contributed by atoms with Crippen LogP contribution in [0.2, 0.25) is 0 Å². The molecule has 1 atom stereocenters. The van der Waals surface area contributed by atoms with E-state index in [0.29, 0.717) is 12.4 Å². The van der Waals surface area contributed by atoms with Crippen molar-refractivity contribution in [3.05, 3.63) is 95.1 Å². The highest BCUT2D eigenvalue weighted by atomic mass is 19.4. The van der Waals surface area contributed by atoms with Crippen molar-refractivity contribution in [3.63, 3.8) is 0 Å². The van der Waals surface area contributed by atoms with Gasteiger partial charge in [-0.15, -0.1) is 5.92 Å². The zero-order chi connectivity index (χ0) is 27.8. The molecule has 0 aliphatic carbocycles. The molecule has 39 heavy (non-hydrogen) atoms. The minimum atomic E-state index is -4.32. The number of alkyl halides is 3. The van der Waals surface area contributed by atoms with E-state index in [4.69, 9.17) is 9.84 Å². The summed E-state index contributed by atoms with van der Waals surface area (Å²) >= 11 is 0. The van der Waals surface area contributed by atoms with Crippen molar-refractivity contribution in [1.82, 2.24) is 4.90 Å². The van der Waals surface area contributed by atoms with Crippen LogP contribution in [0.25, 0.3) is 0 Å². The Morgan fingerprint density at radius 3 is 2.10 bits per heavy atom. The van der Waals surface area contributed by atoms with Gasteiger partial charge in [-0.25, -0.2) is 0 Å². The van der Waals surface area contributed by atoms with Crippen LogP contribution >= 0.6 is 0 Å². The summed E-state index contributed by atoms with van der Waals surface area (Å²) in [5.41, 5.74) is 3.27. The number of carboxylic acids is 1. The van der Waals surface area contributed by atoms with Crippen molar-refractivity contribution in [2.24, 2.45) is 0 Å². The molecule has 204 valence electrons. The number of hydrogen-bond donors (Lipinski definition) is 1. The monoisotopic (exact) mass is 536 g/mol. The van der Waals surface area contributed by atoms with Gasteiger partial charge in [-0.3, -0.25) is 9.69 Å². The third-order valence-corrected chi connectivity index (χ3v) is 6.75. The molecule has 0 unspecified atom stereocenters. The molecular weight excluding hydrogens is 505 g/mol. The van der Waals surface area contributed by atoms with Crippen LogP contribution in [-0.4, -0.2) is 42.2 Å². The Balaban J connectivity index is 1.23. The number of benzene rings is 3. The number of aliphatic carboxylic acids is 1. The minimum absolute atomic E-state index is 0.0395. The molecule has 3 aromatic carbocycles.